The highest BCUT2D eigenvalue weighted by Crippen LogP contribution is 2.28. The Balaban J connectivity index is 1.89. The highest BCUT2D eigenvalue weighted by molar-refractivity contribution is 9.19. The summed E-state index contributed by atoms with van der Waals surface area (Å²) in [6, 6.07) is -0.214. The molecule has 0 aromatic rings. The summed E-state index contributed by atoms with van der Waals surface area (Å²) in [5.41, 5.74) is 0. The van der Waals surface area contributed by atoms with Crippen molar-refractivity contribution >= 4 is 32.7 Å². The summed E-state index contributed by atoms with van der Waals surface area (Å²) in [6.07, 6.45) is 9.01. The molecule has 1 saturated carbocycles. The lowest BCUT2D eigenvalue weighted by Crippen LogP contribution is -2.25. The third kappa shape index (κ3) is 2.97. The van der Waals surface area contributed by atoms with Crippen molar-refractivity contribution in [1.82, 2.24) is 0 Å². The predicted octanol–water partition coefficient (Wildman–Crippen LogP) is 2.73. The molecule has 1 heterocycles. The van der Waals surface area contributed by atoms with E-state index in [0.717, 1.165) is 6.42 Å². The smallest absolute Gasteiger partial charge is 0.271 e. The summed E-state index contributed by atoms with van der Waals surface area (Å²) < 4.78 is 0.549. The first-order valence-electron chi connectivity index (χ1n) is 5.57. The van der Waals surface area contributed by atoms with E-state index < -0.39 is 0 Å². The first-order chi connectivity index (χ1) is 7.25. The average Bonchev–Trinajstić information content (AvgIpc) is 2.24. The molecule has 3 nitrogen and oxygen atoms in total. The van der Waals surface area contributed by atoms with Crippen LogP contribution in [0.3, 0.4) is 0 Å². The van der Waals surface area contributed by atoms with Crippen LogP contribution in [0.1, 0.15) is 38.5 Å². The highest BCUT2D eigenvalue weighted by atomic mass is 79.9. The van der Waals surface area contributed by atoms with Gasteiger partial charge in [0.25, 0.3) is 5.91 Å². The first-order valence-corrected chi connectivity index (χ1v) is 6.36. The van der Waals surface area contributed by atoms with Crippen molar-refractivity contribution in [2.45, 2.75) is 44.6 Å². The molecule has 0 aromatic heterocycles. The van der Waals surface area contributed by atoms with Crippen molar-refractivity contribution in [1.29, 1.82) is 0 Å². The maximum absolute atomic E-state index is 11.5. The third-order valence-corrected chi connectivity index (χ3v) is 3.53. The van der Waals surface area contributed by atoms with E-state index in [2.05, 4.69) is 25.9 Å². The van der Waals surface area contributed by atoms with Crippen molar-refractivity contribution in [3.05, 3.63) is 0 Å². The van der Waals surface area contributed by atoms with Gasteiger partial charge in [0.2, 0.25) is 0 Å². The van der Waals surface area contributed by atoms with E-state index in [0.29, 0.717) is 10.5 Å². The number of halogens is 1. The Kier molecular flexibility index (Phi) is 3.67. The van der Waals surface area contributed by atoms with E-state index in [1.54, 1.807) is 6.21 Å². The van der Waals surface area contributed by atoms with Gasteiger partial charge in [0, 0.05) is 0 Å². The number of rotatable bonds is 2. The second-order valence-electron chi connectivity index (χ2n) is 4.31. The summed E-state index contributed by atoms with van der Waals surface area (Å²) in [6.45, 7) is 0. The van der Waals surface area contributed by atoms with Gasteiger partial charge in [-0.2, -0.15) is 0 Å². The van der Waals surface area contributed by atoms with Gasteiger partial charge in [-0.3, -0.25) is 9.79 Å². The standard InChI is InChI=1S/C11H15BrN2O/c12-10-7-13-9(11(15)14-10)6-8-4-2-1-3-5-8/h7-9H,1-6H2. The number of nitrogens with zero attached hydrogens (tertiary/aromatic N) is 2. The zero-order valence-electron chi connectivity index (χ0n) is 8.66. The van der Waals surface area contributed by atoms with E-state index in [4.69, 9.17) is 0 Å². The molecule has 4 heteroatoms. The Morgan fingerprint density at radius 2 is 2.07 bits per heavy atom. The summed E-state index contributed by atoms with van der Waals surface area (Å²) in [5, 5.41) is 0. The molecule has 1 atom stereocenters. The van der Waals surface area contributed by atoms with Crippen LogP contribution in [-0.2, 0) is 4.79 Å². The zero-order valence-corrected chi connectivity index (χ0v) is 10.2. The van der Waals surface area contributed by atoms with Gasteiger partial charge < -0.3 is 0 Å². The second kappa shape index (κ2) is 5.01. The van der Waals surface area contributed by atoms with Gasteiger partial charge in [0.15, 0.2) is 0 Å². The van der Waals surface area contributed by atoms with Crippen LogP contribution >= 0.6 is 15.9 Å². The second-order valence-corrected chi connectivity index (χ2v) is 5.12. The fourth-order valence-electron chi connectivity index (χ4n) is 2.32. The number of hydrogen-bond donors (Lipinski definition) is 0. The van der Waals surface area contributed by atoms with Crippen LogP contribution in [0.15, 0.2) is 9.98 Å². The molecule has 0 radical (unpaired) electrons. The maximum Gasteiger partial charge on any atom is 0.271 e. The molecule has 2 rings (SSSR count). The molecule has 82 valence electrons. The molecular weight excluding hydrogens is 256 g/mol. The van der Waals surface area contributed by atoms with Crippen LogP contribution in [0.4, 0.5) is 0 Å². The van der Waals surface area contributed by atoms with Crippen LogP contribution in [0.5, 0.6) is 0 Å². The van der Waals surface area contributed by atoms with E-state index in [1.807, 2.05) is 0 Å². The maximum atomic E-state index is 11.5. The van der Waals surface area contributed by atoms with Gasteiger partial charge in [-0.15, -0.1) is 0 Å². The number of amides is 1. The molecule has 2 aliphatic rings. The molecule has 0 saturated heterocycles. The Morgan fingerprint density at radius 1 is 1.33 bits per heavy atom. The summed E-state index contributed by atoms with van der Waals surface area (Å²) in [7, 11) is 0. The lowest BCUT2D eigenvalue weighted by atomic mass is 9.84. The monoisotopic (exact) mass is 270 g/mol. The lowest BCUT2D eigenvalue weighted by Gasteiger charge is -2.23. The van der Waals surface area contributed by atoms with Gasteiger partial charge in [0.05, 0.1) is 6.21 Å². The number of aliphatic imine (C=N–C) groups is 2. The van der Waals surface area contributed by atoms with Crippen LogP contribution in [0.25, 0.3) is 0 Å². The topological polar surface area (TPSA) is 41.8 Å². The SMILES string of the molecule is O=C1N=C(Br)C=NC1CC1CCCCC1. The van der Waals surface area contributed by atoms with Crippen LogP contribution < -0.4 is 0 Å². The van der Waals surface area contributed by atoms with Crippen molar-refractivity contribution in [2.75, 3.05) is 0 Å². The van der Waals surface area contributed by atoms with Crippen LogP contribution in [-0.4, -0.2) is 22.8 Å². The van der Waals surface area contributed by atoms with Crippen molar-refractivity contribution in [2.24, 2.45) is 15.9 Å². The number of hydrogen-bond acceptors (Lipinski definition) is 2. The summed E-state index contributed by atoms with van der Waals surface area (Å²) in [4.78, 5) is 19.7. The van der Waals surface area contributed by atoms with E-state index in [1.165, 1.54) is 32.1 Å². The molecule has 0 bridgehead atoms. The molecule has 1 amide bonds. The van der Waals surface area contributed by atoms with Crippen molar-refractivity contribution in [3.8, 4) is 0 Å². The fraction of sp³-hybridized carbons (Fsp3) is 0.727. The van der Waals surface area contributed by atoms with Crippen molar-refractivity contribution in [3.63, 3.8) is 0 Å². The molecule has 0 aromatic carbocycles. The number of carbonyl (C=O) groups excluding carboxylic acids is 1. The lowest BCUT2D eigenvalue weighted by molar-refractivity contribution is -0.119. The highest BCUT2D eigenvalue weighted by Gasteiger charge is 2.25. The van der Waals surface area contributed by atoms with Gasteiger partial charge in [-0.1, -0.05) is 32.1 Å². The minimum atomic E-state index is -0.214. The quantitative estimate of drug-likeness (QED) is 0.761. The van der Waals surface area contributed by atoms with Crippen LogP contribution in [0.2, 0.25) is 0 Å². The molecule has 1 aliphatic carbocycles. The largest absolute Gasteiger partial charge is 0.277 e. The van der Waals surface area contributed by atoms with Gasteiger partial charge in [0.1, 0.15) is 10.7 Å². The molecule has 0 spiro atoms. The Bertz CT molecular complexity index is 306. The van der Waals surface area contributed by atoms with E-state index in [9.17, 15) is 4.79 Å². The molecule has 0 N–H and O–H groups in total. The zero-order chi connectivity index (χ0) is 10.7. The normalized spacial score (nSPS) is 27.9. The molecule has 15 heavy (non-hydrogen) atoms. The first kappa shape index (κ1) is 11.0. The third-order valence-electron chi connectivity index (χ3n) is 3.14. The van der Waals surface area contributed by atoms with Crippen LogP contribution in [0, 0.1) is 5.92 Å². The minimum absolute atomic E-state index is 0.0880. The Morgan fingerprint density at radius 3 is 2.73 bits per heavy atom. The number of carbonyl (C=O) groups is 1. The van der Waals surface area contributed by atoms with Gasteiger partial charge >= 0.3 is 0 Å². The van der Waals surface area contributed by atoms with Gasteiger partial charge in [-0.25, -0.2) is 4.99 Å². The van der Waals surface area contributed by atoms with E-state index in [-0.39, 0.29) is 11.9 Å². The predicted molar refractivity (Wildman–Crippen MR) is 64.8 cm³/mol. The average molecular weight is 271 g/mol. The fourth-order valence-corrected chi connectivity index (χ4v) is 2.62. The van der Waals surface area contributed by atoms with Gasteiger partial charge in [-0.05, 0) is 28.3 Å². The Labute approximate surface area is 98.2 Å². The molecule has 1 aliphatic heterocycles. The Hall–Kier alpha value is -0.510. The molecule has 1 unspecified atom stereocenters. The van der Waals surface area contributed by atoms with E-state index >= 15 is 0 Å². The summed E-state index contributed by atoms with van der Waals surface area (Å²) >= 11 is 3.16. The molecule has 1 fully saturated rings. The van der Waals surface area contributed by atoms with Crippen molar-refractivity contribution < 1.29 is 4.79 Å². The minimum Gasteiger partial charge on any atom is -0.277 e. The molecular formula is C11H15BrN2O. The summed E-state index contributed by atoms with van der Waals surface area (Å²) in [5.74, 6) is 0.590.